The molecule has 104 valence electrons. The number of ether oxygens (including phenoxy) is 2. The lowest BCUT2D eigenvalue weighted by molar-refractivity contribution is 0.103. The number of rotatable bonds is 4. The van der Waals surface area contributed by atoms with E-state index in [0.717, 1.165) is 18.2 Å². The third kappa shape index (κ3) is 3.32. The standard InChI is InChI=1S/C10H11FN2O5S/c11-6-1-2-8(9(3-6)19(12,15)16)17-5-7-4-13-10(14)18-7/h1-3,7H,4-5H2,(H,13,14)(H2,12,15,16). The SMILES string of the molecule is NS(=O)(=O)c1cc(F)ccc1OCC1CNC(=O)O1. The fraction of sp³-hybridized carbons (Fsp3) is 0.300. The Morgan fingerprint density at radius 2 is 2.26 bits per heavy atom. The van der Waals surface area contributed by atoms with Crippen molar-refractivity contribution in [2.45, 2.75) is 11.0 Å². The van der Waals surface area contributed by atoms with E-state index in [1.165, 1.54) is 0 Å². The van der Waals surface area contributed by atoms with Crippen LogP contribution in [0, 0.1) is 5.82 Å². The van der Waals surface area contributed by atoms with Gasteiger partial charge in [-0.25, -0.2) is 22.7 Å². The van der Waals surface area contributed by atoms with Crippen molar-refractivity contribution in [3.8, 4) is 5.75 Å². The predicted molar refractivity (Wildman–Crippen MR) is 61.5 cm³/mol. The second-order valence-corrected chi connectivity index (χ2v) is 5.39. The van der Waals surface area contributed by atoms with Crippen molar-refractivity contribution < 1.29 is 27.1 Å². The van der Waals surface area contributed by atoms with Crippen molar-refractivity contribution in [2.24, 2.45) is 5.14 Å². The van der Waals surface area contributed by atoms with E-state index in [-0.39, 0.29) is 18.9 Å². The summed E-state index contributed by atoms with van der Waals surface area (Å²) in [6.45, 7) is 0.192. The topological polar surface area (TPSA) is 108 Å². The van der Waals surface area contributed by atoms with Crippen molar-refractivity contribution in [2.75, 3.05) is 13.2 Å². The number of halogens is 1. The number of carbonyl (C=O) groups excluding carboxylic acids is 1. The highest BCUT2D eigenvalue weighted by Gasteiger charge is 2.24. The van der Waals surface area contributed by atoms with Gasteiger partial charge in [0.1, 0.15) is 23.1 Å². The highest BCUT2D eigenvalue weighted by molar-refractivity contribution is 7.89. The van der Waals surface area contributed by atoms with Gasteiger partial charge in [-0.15, -0.1) is 0 Å². The number of sulfonamides is 1. The Morgan fingerprint density at radius 3 is 2.84 bits per heavy atom. The second-order valence-electron chi connectivity index (χ2n) is 3.86. The molecule has 1 aliphatic rings. The summed E-state index contributed by atoms with van der Waals surface area (Å²) in [5, 5.41) is 7.38. The molecule has 1 aliphatic heterocycles. The lowest BCUT2D eigenvalue weighted by Gasteiger charge is -2.12. The van der Waals surface area contributed by atoms with Crippen LogP contribution in [-0.2, 0) is 14.8 Å². The number of hydrogen-bond acceptors (Lipinski definition) is 5. The van der Waals surface area contributed by atoms with E-state index in [2.05, 4.69) is 5.32 Å². The molecule has 1 aromatic rings. The van der Waals surface area contributed by atoms with Crippen LogP contribution < -0.4 is 15.2 Å². The quantitative estimate of drug-likeness (QED) is 0.809. The Hall–Kier alpha value is -1.87. The lowest BCUT2D eigenvalue weighted by atomic mass is 10.3. The lowest BCUT2D eigenvalue weighted by Crippen LogP contribution is -2.23. The van der Waals surface area contributed by atoms with Crippen LogP contribution in [0.5, 0.6) is 5.75 Å². The minimum atomic E-state index is -4.10. The molecular weight excluding hydrogens is 279 g/mol. The molecule has 1 saturated heterocycles. The normalized spacial score (nSPS) is 18.8. The van der Waals surface area contributed by atoms with Crippen LogP contribution >= 0.6 is 0 Å². The highest BCUT2D eigenvalue weighted by Crippen LogP contribution is 2.24. The summed E-state index contributed by atoms with van der Waals surface area (Å²) in [5.74, 6) is -0.836. The van der Waals surface area contributed by atoms with Crippen LogP contribution in [0.1, 0.15) is 0 Å². The zero-order chi connectivity index (χ0) is 14.0. The van der Waals surface area contributed by atoms with E-state index in [0.29, 0.717) is 0 Å². The maximum atomic E-state index is 13.0. The van der Waals surface area contributed by atoms with Gasteiger partial charge in [-0.2, -0.15) is 0 Å². The molecule has 1 atom stereocenters. The number of primary sulfonamides is 1. The summed E-state index contributed by atoms with van der Waals surface area (Å²) in [5.41, 5.74) is 0. The van der Waals surface area contributed by atoms with Crippen molar-refractivity contribution in [3.05, 3.63) is 24.0 Å². The molecule has 1 aromatic carbocycles. The van der Waals surface area contributed by atoms with Crippen molar-refractivity contribution in [1.82, 2.24) is 5.32 Å². The largest absolute Gasteiger partial charge is 0.488 e. The number of amides is 1. The maximum absolute atomic E-state index is 13.0. The van der Waals surface area contributed by atoms with Crippen LogP contribution in [0.25, 0.3) is 0 Å². The van der Waals surface area contributed by atoms with Gasteiger partial charge in [0.15, 0.2) is 6.10 Å². The van der Waals surface area contributed by atoms with Gasteiger partial charge in [-0.05, 0) is 18.2 Å². The fourth-order valence-electron chi connectivity index (χ4n) is 1.53. The molecule has 0 bridgehead atoms. The van der Waals surface area contributed by atoms with Crippen molar-refractivity contribution in [1.29, 1.82) is 0 Å². The van der Waals surface area contributed by atoms with Gasteiger partial charge >= 0.3 is 6.09 Å². The first-order chi connectivity index (χ1) is 8.86. The predicted octanol–water partition coefficient (Wildman–Crippen LogP) is -0.0397. The smallest absolute Gasteiger partial charge is 0.407 e. The molecule has 7 nitrogen and oxygen atoms in total. The van der Waals surface area contributed by atoms with Crippen LogP contribution in [0.15, 0.2) is 23.1 Å². The molecule has 0 radical (unpaired) electrons. The number of hydrogen-bond donors (Lipinski definition) is 2. The first kappa shape index (κ1) is 13.6. The monoisotopic (exact) mass is 290 g/mol. The molecule has 1 fully saturated rings. The van der Waals surface area contributed by atoms with Crippen molar-refractivity contribution in [3.63, 3.8) is 0 Å². The third-order valence-electron chi connectivity index (χ3n) is 2.38. The van der Waals surface area contributed by atoms with Crippen LogP contribution in [-0.4, -0.2) is 33.8 Å². The average molecular weight is 290 g/mol. The molecule has 1 amide bonds. The van der Waals surface area contributed by atoms with Gasteiger partial charge in [0.05, 0.1) is 6.54 Å². The number of benzene rings is 1. The second kappa shape index (κ2) is 5.02. The minimum Gasteiger partial charge on any atom is -0.488 e. The molecule has 0 spiro atoms. The summed E-state index contributed by atoms with van der Waals surface area (Å²) >= 11 is 0. The van der Waals surface area contributed by atoms with Gasteiger partial charge in [0.2, 0.25) is 10.0 Å². The average Bonchev–Trinajstić information content (AvgIpc) is 2.72. The summed E-state index contributed by atoms with van der Waals surface area (Å²) in [4.78, 5) is 10.3. The zero-order valence-electron chi connectivity index (χ0n) is 9.63. The fourth-order valence-corrected chi connectivity index (χ4v) is 2.22. The van der Waals surface area contributed by atoms with Gasteiger partial charge in [-0.1, -0.05) is 0 Å². The first-order valence-electron chi connectivity index (χ1n) is 5.26. The number of cyclic esters (lactones) is 1. The number of nitrogens with one attached hydrogen (secondary N) is 1. The summed E-state index contributed by atoms with van der Waals surface area (Å²) in [7, 11) is -4.10. The maximum Gasteiger partial charge on any atom is 0.407 e. The highest BCUT2D eigenvalue weighted by atomic mass is 32.2. The van der Waals surface area contributed by atoms with E-state index in [1.807, 2.05) is 0 Å². The Labute approximate surface area is 108 Å². The first-order valence-corrected chi connectivity index (χ1v) is 6.80. The van der Waals surface area contributed by atoms with E-state index < -0.39 is 32.9 Å². The summed E-state index contributed by atoms with van der Waals surface area (Å²) < 4.78 is 45.6. The minimum absolute atomic E-state index is 0.0626. The Balaban J connectivity index is 2.14. The van der Waals surface area contributed by atoms with Gasteiger partial charge < -0.3 is 14.8 Å². The molecule has 2 rings (SSSR count). The van der Waals surface area contributed by atoms with Crippen LogP contribution in [0.2, 0.25) is 0 Å². The third-order valence-corrected chi connectivity index (χ3v) is 3.32. The van der Waals surface area contributed by atoms with E-state index in [9.17, 15) is 17.6 Å². The summed E-state index contributed by atoms with van der Waals surface area (Å²) in [6.07, 6.45) is -1.11. The molecule has 0 saturated carbocycles. The Morgan fingerprint density at radius 1 is 1.53 bits per heavy atom. The van der Waals surface area contributed by atoms with E-state index >= 15 is 0 Å². The van der Waals surface area contributed by atoms with Crippen molar-refractivity contribution >= 4 is 16.1 Å². The van der Waals surface area contributed by atoms with Gasteiger partial charge in [0, 0.05) is 0 Å². The molecule has 1 unspecified atom stereocenters. The number of alkyl carbamates (subject to hydrolysis) is 1. The Bertz CT molecular complexity index is 604. The summed E-state index contributed by atoms with van der Waals surface area (Å²) in [6, 6.07) is 2.96. The molecule has 0 aliphatic carbocycles. The molecule has 19 heavy (non-hydrogen) atoms. The molecule has 0 aromatic heterocycles. The molecular formula is C10H11FN2O5S. The van der Waals surface area contributed by atoms with E-state index in [1.54, 1.807) is 0 Å². The molecule has 3 N–H and O–H groups in total. The van der Waals surface area contributed by atoms with Crippen LogP contribution in [0.4, 0.5) is 9.18 Å². The number of nitrogens with two attached hydrogens (primary N) is 1. The zero-order valence-corrected chi connectivity index (χ0v) is 10.4. The molecule has 9 heteroatoms. The number of carbonyl (C=O) groups is 1. The Kier molecular flexibility index (Phi) is 3.58. The molecule has 1 heterocycles. The van der Waals surface area contributed by atoms with Gasteiger partial charge in [-0.3, -0.25) is 0 Å². The van der Waals surface area contributed by atoms with Gasteiger partial charge in [0.25, 0.3) is 0 Å². The van der Waals surface area contributed by atoms with E-state index in [4.69, 9.17) is 14.6 Å². The van der Waals surface area contributed by atoms with Crippen LogP contribution in [0.3, 0.4) is 0 Å².